The first-order valence-electron chi connectivity index (χ1n) is 22.9. The third-order valence-electron chi connectivity index (χ3n) is 5.66. The van der Waals surface area contributed by atoms with Crippen LogP contribution < -0.4 is 0 Å². The van der Waals surface area contributed by atoms with Crippen LogP contribution in [0.25, 0.3) is 0 Å². The predicted molar refractivity (Wildman–Crippen MR) is 158 cm³/mol. The van der Waals surface area contributed by atoms with Crippen LogP contribution in [0.4, 0.5) is 0 Å². The summed E-state index contributed by atoms with van der Waals surface area (Å²) < 4.78 is 182. The van der Waals surface area contributed by atoms with Gasteiger partial charge >= 0.3 is 0 Å². The zero-order chi connectivity index (χ0) is 47.5. The zero-order valence-corrected chi connectivity index (χ0v) is 22.3. The molecule has 3 N–H and O–H groups in total. The SMILES string of the molecule is [2H]C(CN(C)C)(c1ccc(C)cc1)C1(O)C([2H])([2H])C([2H])([2H])C([2H])([2H])C([2H])([2H])C1([2H])[2H].[2H]C(CN(C)C)(c1ccc(O)cc1)C1(O)C([2H])([2H])C([2H])([2H])C([2H])([2H])C([2H])([2H])C1([2H])[2H]. The maximum atomic E-state index is 11.7. The van der Waals surface area contributed by atoms with Gasteiger partial charge in [0, 0.05) is 55.0 Å². The molecule has 0 saturated heterocycles. The summed E-state index contributed by atoms with van der Waals surface area (Å²) >= 11 is 0. The second kappa shape index (κ2) is 13.9. The van der Waals surface area contributed by atoms with E-state index in [2.05, 4.69) is 0 Å². The first kappa shape index (κ1) is 12.3. The molecule has 2 aliphatic carbocycles. The lowest BCUT2D eigenvalue weighted by Crippen LogP contribution is -2.42. The number of phenols is 1. The summed E-state index contributed by atoms with van der Waals surface area (Å²) in [5.74, 6) is -5.54. The minimum Gasteiger partial charge on any atom is -0.508 e. The van der Waals surface area contributed by atoms with Crippen molar-refractivity contribution in [2.45, 2.75) is 93.6 Å². The van der Waals surface area contributed by atoms with Gasteiger partial charge in [0.15, 0.2) is 0 Å². The third kappa shape index (κ3) is 8.54. The van der Waals surface area contributed by atoms with Crippen molar-refractivity contribution in [1.82, 2.24) is 9.80 Å². The van der Waals surface area contributed by atoms with Crippen LogP contribution in [-0.4, -0.2) is 77.6 Å². The van der Waals surface area contributed by atoms with E-state index in [-0.39, 0.29) is 16.9 Å². The number of rotatable bonds is 8. The number of phenolic OH excluding ortho intramolecular Hbond substituents is 1. The summed E-state index contributed by atoms with van der Waals surface area (Å²) in [6, 6.07) is 10.4. The van der Waals surface area contributed by atoms with E-state index in [1.165, 1.54) is 50.1 Å². The van der Waals surface area contributed by atoms with Crippen molar-refractivity contribution in [3.05, 3.63) is 65.2 Å². The van der Waals surface area contributed by atoms with Crippen LogP contribution in [0, 0.1) is 6.92 Å². The third-order valence-corrected chi connectivity index (χ3v) is 5.66. The van der Waals surface area contributed by atoms with Gasteiger partial charge in [-0.1, -0.05) is 80.2 Å². The fourth-order valence-corrected chi connectivity index (χ4v) is 3.79. The van der Waals surface area contributed by atoms with Crippen molar-refractivity contribution in [2.24, 2.45) is 0 Å². The topological polar surface area (TPSA) is 67.2 Å². The van der Waals surface area contributed by atoms with Gasteiger partial charge in [-0.25, -0.2) is 0 Å². The van der Waals surface area contributed by atoms with E-state index in [1.54, 1.807) is 19.1 Å². The highest BCUT2D eigenvalue weighted by molar-refractivity contribution is 5.31. The molecule has 4 rings (SSSR count). The van der Waals surface area contributed by atoms with Gasteiger partial charge in [-0.15, -0.1) is 0 Å². The Hall–Kier alpha value is -1.92. The Bertz CT molecular complexity index is 1690. The molecule has 5 heteroatoms. The van der Waals surface area contributed by atoms with Crippen molar-refractivity contribution in [2.75, 3.05) is 41.3 Å². The Balaban J connectivity index is 0.000000320. The molecule has 38 heavy (non-hydrogen) atoms. The highest BCUT2D eigenvalue weighted by Crippen LogP contribution is 2.41. The zero-order valence-electron chi connectivity index (χ0n) is 44.3. The summed E-state index contributed by atoms with van der Waals surface area (Å²) in [5, 5.41) is 32.9. The molecule has 2 aliphatic rings. The van der Waals surface area contributed by atoms with Gasteiger partial charge in [0.05, 0.1) is 11.2 Å². The Morgan fingerprint density at radius 2 is 1.03 bits per heavy atom. The van der Waals surface area contributed by atoms with Crippen molar-refractivity contribution in [1.29, 1.82) is 0 Å². The summed E-state index contributed by atoms with van der Waals surface area (Å²) in [4.78, 5) is 2.70. The molecule has 2 fully saturated rings. The van der Waals surface area contributed by atoms with Gasteiger partial charge in [0.1, 0.15) is 5.75 Å². The monoisotopic (exact) mass is 547 g/mol. The molecule has 2 aromatic rings. The number of nitrogens with zero attached hydrogens (tertiary/aromatic N) is 2. The number of aryl methyl sites for hydroxylation is 1. The van der Waals surface area contributed by atoms with Gasteiger partial charge < -0.3 is 25.1 Å². The normalized spacial score (nSPS) is 43.9. The van der Waals surface area contributed by atoms with Crippen molar-refractivity contribution in [3.8, 4) is 5.75 Å². The van der Waals surface area contributed by atoms with Crippen LogP contribution in [0.2, 0.25) is 0 Å². The van der Waals surface area contributed by atoms with E-state index in [9.17, 15) is 15.3 Å². The van der Waals surface area contributed by atoms with E-state index in [0.717, 1.165) is 29.8 Å². The van der Waals surface area contributed by atoms with E-state index in [4.69, 9.17) is 30.2 Å². The summed E-state index contributed by atoms with van der Waals surface area (Å²) in [7, 11) is 5.89. The Kier molecular flexibility index (Phi) is 4.51. The number of aliphatic hydroxyl groups is 2. The Morgan fingerprint density at radius 3 is 1.37 bits per heavy atom. The molecule has 0 amide bonds. The van der Waals surface area contributed by atoms with Crippen molar-refractivity contribution >= 4 is 0 Å². The Morgan fingerprint density at radius 1 is 0.684 bits per heavy atom. The summed E-state index contributed by atoms with van der Waals surface area (Å²) in [6.45, 7) is 0.699. The van der Waals surface area contributed by atoms with Gasteiger partial charge in [-0.2, -0.15) is 0 Å². The molecule has 2 unspecified atom stereocenters. The van der Waals surface area contributed by atoms with Crippen molar-refractivity contribution in [3.63, 3.8) is 0 Å². The minimum absolute atomic E-state index is 0.0499. The molecule has 0 spiro atoms. The molecular weight excluding hydrogens is 472 g/mol. The van der Waals surface area contributed by atoms with Gasteiger partial charge in [0.2, 0.25) is 0 Å². The number of aromatic hydroxyl groups is 1. The Labute approximate surface area is 262 Å². The number of hydrogen-bond donors (Lipinski definition) is 3. The van der Waals surface area contributed by atoms with E-state index < -0.39 is 99.8 Å². The fraction of sp³-hybridized carbons (Fsp3) is 0.636. The molecular formula is C33H52N2O3. The first-order chi connectivity index (χ1) is 26.3. The van der Waals surface area contributed by atoms with E-state index >= 15 is 0 Å². The lowest BCUT2D eigenvalue weighted by atomic mass is 9.72. The van der Waals surface area contributed by atoms with E-state index in [0.29, 0.717) is 0 Å². The molecule has 0 radical (unpaired) electrons. The second-order valence-electron chi connectivity index (χ2n) is 9.52. The predicted octanol–water partition coefficient (Wildman–Crippen LogP) is 6.07. The quantitative estimate of drug-likeness (QED) is 0.375. The molecule has 0 aromatic heterocycles. The molecule has 212 valence electrons. The highest BCUT2D eigenvalue weighted by Gasteiger charge is 2.39. The maximum Gasteiger partial charge on any atom is 0.115 e. The standard InChI is InChI=1S/C17H27NO.C16H25NO2/c1-14-7-9-15(10-8-14)16(13-18(2)3)17(19)11-5-4-6-12-17;1-17(2)12-15(13-6-8-14(18)9-7-13)16(19)10-4-3-5-11-16/h7-10,16,19H,4-6,11-13H2,1-3H3;6-9,15,18-19H,3-5,10-12H2,1-2H3/i4D2,5D2,6D2,11D2,12D2,16D;3D2,4D2,5D2,10D2,11D2,15D. The number of hydrogen-bond acceptors (Lipinski definition) is 5. The highest BCUT2D eigenvalue weighted by atomic mass is 16.3. The average molecular weight is 547 g/mol. The number of likely N-dealkylation sites (N-methyl/N-ethyl adjacent to an activating group) is 2. The van der Waals surface area contributed by atoms with Crippen LogP contribution in [0.1, 0.15) is 122 Å². The van der Waals surface area contributed by atoms with Crippen LogP contribution in [0.3, 0.4) is 0 Å². The summed E-state index contributed by atoms with van der Waals surface area (Å²) in [6.07, 6.45) is -37.0. The lowest BCUT2D eigenvalue weighted by molar-refractivity contribution is -0.0280. The van der Waals surface area contributed by atoms with E-state index in [1.807, 2.05) is 0 Å². The second-order valence-corrected chi connectivity index (χ2v) is 9.52. The van der Waals surface area contributed by atoms with Crippen LogP contribution in [0.15, 0.2) is 48.5 Å². The fourth-order valence-electron chi connectivity index (χ4n) is 3.79. The minimum atomic E-state index is -3.76. The molecule has 0 bridgehead atoms. The largest absolute Gasteiger partial charge is 0.508 e. The average Bonchev–Trinajstić information content (AvgIpc) is 3.09. The van der Waals surface area contributed by atoms with Crippen LogP contribution >= 0.6 is 0 Å². The van der Waals surface area contributed by atoms with Gasteiger partial charge in [-0.05, 0) is 83.9 Å². The molecule has 0 heterocycles. The van der Waals surface area contributed by atoms with Gasteiger partial charge in [-0.3, -0.25) is 0 Å². The molecule has 2 atom stereocenters. The maximum absolute atomic E-state index is 11.7. The van der Waals surface area contributed by atoms with Crippen molar-refractivity contribution < 1.29 is 45.5 Å². The lowest BCUT2D eigenvalue weighted by Gasteiger charge is -2.40. The van der Waals surface area contributed by atoms with Crippen LogP contribution in [-0.2, 0) is 0 Å². The molecule has 2 aromatic carbocycles. The smallest absolute Gasteiger partial charge is 0.115 e. The molecule has 2 saturated carbocycles. The first-order valence-corrected chi connectivity index (χ1v) is 11.9. The van der Waals surface area contributed by atoms with Crippen LogP contribution in [0.5, 0.6) is 5.75 Å². The molecule has 5 nitrogen and oxygen atoms in total. The summed E-state index contributed by atoms with van der Waals surface area (Å²) in [5.41, 5.74) is -6.81. The molecule has 0 aliphatic heterocycles. The van der Waals surface area contributed by atoms with Gasteiger partial charge in [0.25, 0.3) is 0 Å². The number of benzene rings is 2.